The van der Waals surface area contributed by atoms with E-state index in [1.807, 2.05) is 31.2 Å². The van der Waals surface area contributed by atoms with Gasteiger partial charge < -0.3 is 4.98 Å². The summed E-state index contributed by atoms with van der Waals surface area (Å²) in [6.07, 6.45) is 0. The topological polar surface area (TPSA) is 32.9 Å². The van der Waals surface area contributed by atoms with Crippen LogP contribution in [0.25, 0.3) is 10.9 Å². The van der Waals surface area contributed by atoms with Gasteiger partial charge in [-0.3, -0.25) is 4.79 Å². The van der Waals surface area contributed by atoms with Gasteiger partial charge in [-0.15, -0.1) is 23.4 Å². The zero-order valence-electron chi connectivity index (χ0n) is 8.92. The van der Waals surface area contributed by atoms with E-state index in [0.717, 1.165) is 27.1 Å². The Balaban J connectivity index is 2.61. The molecule has 0 atom stereocenters. The summed E-state index contributed by atoms with van der Waals surface area (Å²) in [6, 6.07) is 7.83. The average molecular weight is 254 g/mol. The number of nitrogens with one attached hydrogen (secondary N) is 1. The Bertz CT molecular complexity index is 564. The van der Waals surface area contributed by atoms with Gasteiger partial charge in [0.15, 0.2) is 0 Å². The van der Waals surface area contributed by atoms with Gasteiger partial charge in [0, 0.05) is 22.5 Å². The third-order valence-electron chi connectivity index (χ3n) is 2.45. The predicted molar refractivity (Wildman–Crippen MR) is 70.7 cm³/mol. The van der Waals surface area contributed by atoms with Crippen molar-refractivity contribution >= 4 is 34.3 Å². The van der Waals surface area contributed by atoms with Crippen LogP contribution in [0.2, 0.25) is 0 Å². The van der Waals surface area contributed by atoms with Crippen LogP contribution in [-0.2, 0) is 0 Å². The number of thioether (sulfide) groups is 1. The van der Waals surface area contributed by atoms with Crippen LogP contribution in [0.5, 0.6) is 0 Å². The Kier molecular flexibility index (Phi) is 3.56. The molecule has 0 unspecified atom stereocenters. The molecule has 16 heavy (non-hydrogen) atoms. The Morgan fingerprint density at radius 2 is 2.12 bits per heavy atom. The normalized spacial score (nSPS) is 10.9. The summed E-state index contributed by atoms with van der Waals surface area (Å²) in [6.45, 7) is 1.98. The van der Waals surface area contributed by atoms with Crippen molar-refractivity contribution in [1.82, 2.24) is 4.98 Å². The van der Waals surface area contributed by atoms with Crippen molar-refractivity contribution in [2.75, 3.05) is 11.6 Å². The van der Waals surface area contributed by atoms with E-state index in [9.17, 15) is 4.79 Å². The van der Waals surface area contributed by atoms with Crippen LogP contribution in [0.15, 0.2) is 34.0 Å². The van der Waals surface area contributed by atoms with Crippen molar-refractivity contribution < 1.29 is 0 Å². The van der Waals surface area contributed by atoms with E-state index in [2.05, 4.69) is 4.98 Å². The van der Waals surface area contributed by atoms with E-state index in [0.29, 0.717) is 5.88 Å². The predicted octanol–water partition coefficient (Wildman–Crippen LogP) is 3.17. The molecular weight excluding hydrogens is 242 g/mol. The average Bonchev–Trinajstić information content (AvgIpc) is 2.29. The molecule has 0 spiro atoms. The van der Waals surface area contributed by atoms with Crippen LogP contribution in [0, 0.1) is 6.92 Å². The van der Waals surface area contributed by atoms with Crippen LogP contribution in [0.4, 0.5) is 0 Å². The Hall–Kier alpha value is -0.930. The molecule has 0 aliphatic heterocycles. The van der Waals surface area contributed by atoms with E-state index in [1.165, 1.54) is 11.8 Å². The number of alkyl halides is 1. The number of aromatic amines is 1. The number of halogens is 1. The quantitative estimate of drug-likeness (QED) is 0.673. The number of aryl methyl sites for hydroxylation is 1. The first-order valence-corrected chi connectivity index (χ1v) is 6.56. The van der Waals surface area contributed by atoms with Crippen LogP contribution >= 0.6 is 23.4 Å². The molecule has 0 saturated heterocycles. The van der Waals surface area contributed by atoms with Crippen molar-refractivity contribution in [2.24, 2.45) is 0 Å². The fraction of sp³-hybridized carbons (Fsp3) is 0.250. The summed E-state index contributed by atoms with van der Waals surface area (Å²) < 4.78 is 0. The van der Waals surface area contributed by atoms with Gasteiger partial charge in [-0.2, -0.15) is 0 Å². The molecule has 1 N–H and O–H groups in total. The third-order valence-corrected chi connectivity index (χ3v) is 4.05. The molecule has 0 amide bonds. The van der Waals surface area contributed by atoms with E-state index in [-0.39, 0.29) is 5.56 Å². The summed E-state index contributed by atoms with van der Waals surface area (Å²) >= 11 is 7.15. The second kappa shape index (κ2) is 4.93. The molecule has 0 radical (unpaired) electrons. The minimum Gasteiger partial charge on any atom is -0.321 e. The number of fused-ring (bicyclic) bond motifs is 1. The summed E-state index contributed by atoms with van der Waals surface area (Å²) in [5, 5.41) is 1.10. The highest BCUT2D eigenvalue weighted by Crippen LogP contribution is 2.24. The maximum absolute atomic E-state index is 11.8. The monoisotopic (exact) mass is 253 g/mol. The van der Waals surface area contributed by atoms with Gasteiger partial charge in [-0.05, 0) is 18.6 Å². The Morgan fingerprint density at radius 3 is 2.88 bits per heavy atom. The first kappa shape index (κ1) is 11.6. The van der Waals surface area contributed by atoms with E-state index >= 15 is 0 Å². The van der Waals surface area contributed by atoms with Crippen LogP contribution < -0.4 is 5.56 Å². The fourth-order valence-corrected chi connectivity index (χ4v) is 2.73. The molecule has 0 aliphatic rings. The lowest BCUT2D eigenvalue weighted by Crippen LogP contribution is -2.11. The lowest BCUT2D eigenvalue weighted by Gasteiger charge is -2.07. The van der Waals surface area contributed by atoms with Gasteiger partial charge in [-0.25, -0.2) is 0 Å². The Labute approximate surface area is 103 Å². The fourth-order valence-electron chi connectivity index (χ4n) is 1.71. The summed E-state index contributed by atoms with van der Waals surface area (Å²) in [7, 11) is 0. The maximum Gasteiger partial charge on any atom is 0.262 e. The number of pyridine rings is 1. The molecule has 1 aromatic heterocycles. The van der Waals surface area contributed by atoms with Crippen molar-refractivity contribution in [1.29, 1.82) is 0 Å². The van der Waals surface area contributed by atoms with Gasteiger partial charge in [0.25, 0.3) is 5.56 Å². The SMILES string of the molecule is Cc1c(SCCCl)c(=O)[nH]c2ccccc12. The zero-order valence-corrected chi connectivity index (χ0v) is 10.5. The second-order valence-electron chi connectivity index (χ2n) is 3.49. The van der Waals surface area contributed by atoms with Gasteiger partial charge in [-0.1, -0.05) is 18.2 Å². The largest absolute Gasteiger partial charge is 0.321 e. The van der Waals surface area contributed by atoms with E-state index in [4.69, 9.17) is 11.6 Å². The second-order valence-corrected chi connectivity index (χ2v) is 4.97. The number of H-pyrrole nitrogens is 1. The minimum absolute atomic E-state index is 0.0219. The molecule has 0 bridgehead atoms. The number of hydrogen-bond donors (Lipinski definition) is 1. The maximum atomic E-state index is 11.8. The lowest BCUT2D eigenvalue weighted by atomic mass is 10.1. The number of aromatic nitrogens is 1. The molecule has 1 aromatic carbocycles. The first-order chi connectivity index (χ1) is 7.74. The molecular formula is C12H12ClNOS. The van der Waals surface area contributed by atoms with Gasteiger partial charge in [0.05, 0.1) is 4.90 Å². The van der Waals surface area contributed by atoms with Crippen molar-refractivity contribution in [3.63, 3.8) is 0 Å². The molecule has 2 aromatic rings. The number of para-hydroxylation sites is 1. The smallest absolute Gasteiger partial charge is 0.262 e. The number of rotatable bonds is 3. The zero-order chi connectivity index (χ0) is 11.5. The summed E-state index contributed by atoms with van der Waals surface area (Å²) in [5.74, 6) is 1.31. The molecule has 2 rings (SSSR count). The lowest BCUT2D eigenvalue weighted by molar-refractivity contribution is 1.15. The summed E-state index contributed by atoms with van der Waals surface area (Å²) in [5.41, 5.74) is 1.90. The van der Waals surface area contributed by atoms with Gasteiger partial charge >= 0.3 is 0 Å². The van der Waals surface area contributed by atoms with Crippen LogP contribution in [-0.4, -0.2) is 16.6 Å². The molecule has 1 heterocycles. The molecule has 2 nitrogen and oxygen atoms in total. The first-order valence-electron chi connectivity index (χ1n) is 5.04. The van der Waals surface area contributed by atoms with Crippen molar-refractivity contribution in [3.05, 3.63) is 40.2 Å². The Morgan fingerprint density at radius 1 is 1.38 bits per heavy atom. The molecule has 84 valence electrons. The number of benzene rings is 1. The third kappa shape index (κ3) is 2.11. The highest BCUT2D eigenvalue weighted by molar-refractivity contribution is 7.99. The highest BCUT2D eigenvalue weighted by atomic mass is 35.5. The van der Waals surface area contributed by atoms with Gasteiger partial charge in [0.2, 0.25) is 0 Å². The van der Waals surface area contributed by atoms with E-state index in [1.54, 1.807) is 0 Å². The molecule has 4 heteroatoms. The van der Waals surface area contributed by atoms with Crippen LogP contribution in [0.1, 0.15) is 5.56 Å². The minimum atomic E-state index is -0.0219. The molecule has 0 saturated carbocycles. The summed E-state index contributed by atoms with van der Waals surface area (Å²) in [4.78, 5) is 15.5. The molecule has 0 aliphatic carbocycles. The van der Waals surface area contributed by atoms with E-state index < -0.39 is 0 Å². The highest BCUT2D eigenvalue weighted by Gasteiger charge is 2.08. The molecule has 0 fully saturated rings. The van der Waals surface area contributed by atoms with Crippen molar-refractivity contribution in [2.45, 2.75) is 11.8 Å². The number of hydrogen-bond acceptors (Lipinski definition) is 2. The standard InChI is InChI=1S/C12H12ClNOS/c1-8-9-4-2-3-5-10(9)14-12(15)11(8)16-7-6-13/h2-5H,6-7H2,1H3,(H,14,15). The van der Waals surface area contributed by atoms with Crippen LogP contribution in [0.3, 0.4) is 0 Å². The van der Waals surface area contributed by atoms with Crippen molar-refractivity contribution in [3.8, 4) is 0 Å². The van der Waals surface area contributed by atoms with Gasteiger partial charge in [0.1, 0.15) is 0 Å².